The zero-order valence-electron chi connectivity index (χ0n) is 10.3. The van der Waals surface area contributed by atoms with Crippen molar-refractivity contribution in [1.82, 2.24) is 4.98 Å². The van der Waals surface area contributed by atoms with Gasteiger partial charge in [-0.05, 0) is 37.3 Å². The van der Waals surface area contributed by atoms with Crippen LogP contribution in [-0.2, 0) is 6.61 Å². The van der Waals surface area contributed by atoms with E-state index in [1.807, 2.05) is 25.1 Å². The minimum atomic E-state index is -1.02. The molecule has 19 heavy (non-hydrogen) atoms. The van der Waals surface area contributed by atoms with Crippen molar-refractivity contribution in [2.24, 2.45) is 0 Å². The maximum absolute atomic E-state index is 10.8. The fourth-order valence-corrected chi connectivity index (χ4v) is 1.82. The SMILES string of the molecule is Cc1cccc(COc2ccc(C(=O)O)cc2Cl)n1. The number of carboxylic acid groups (broad SMARTS) is 1. The normalized spacial score (nSPS) is 10.2. The van der Waals surface area contributed by atoms with Crippen LogP contribution in [0.2, 0.25) is 5.02 Å². The van der Waals surface area contributed by atoms with Crippen molar-refractivity contribution in [1.29, 1.82) is 0 Å². The molecule has 0 aliphatic carbocycles. The second kappa shape index (κ2) is 5.71. The van der Waals surface area contributed by atoms with Gasteiger partial charge in [0.15, 0.2) is 0 Å². The molecule has 0 bridgehead atoms. The van der Waals surface area contributed by atoms with Gasteiger partial charge in [-0.25, -0.2) is 4.79 Å². The predicted octanol–water partition coefficient (Wildman–Crippen LogP) is 3.32. The second-order valence-electron chi connectivity index (χ2n) is 4.01. The summed E-state index contributed by atoms with van der Waals surface area (Å²) in [5.74, 6) is -0.580. The number of halogens is 1. The Balaban J connectivity index is 2.10. The van der Waals surface area contributed by atoms with E-state index in [9.17, 15) is 4.79 Å². The number of carbonyl (C=O) groups is 1. The first-order valence-electron chi connectivity index (χ1n) is 5.64. The van der Waals surface area contributed by atoms with Crippen molar-refractivity contribution in [2.75, 3.05) is 0 Å². The number of rotatable bonds is 4. The van der Waals surface area contributed by atoms with E-state index < -0.39 is 5.97 Å². The lowest BCUT2D eigenvalue weighted by atomic mass is 10.2. The van der Waals surface area contributed by atoms with Crippen LogP contribution in [0.25, 0.3) is 0 Å². The first-order chi connectivity index (χ1) is 9.06. The summed E-state index contributed by atoms with van der Waals surface area (Å²) >= 11 is 5.96. The maximum atomic E-state index is 10.8. The standard InChI is InChI=1S/C14H12ClNO3/c1-9-3-2-4-11(16-9)8-19-13-6-5-10(14(17)18)7-12(13)15/h2-7H,8H2,1H3,(H,17,18). The number of aromatic carboxylic acids is 1. The number of hydrogen-bond acceptors (Lipinski definition) is 3. The Bertz CT molecular complexity index is 613. The van der Waals surface area contributed by atoms with Crippen molar-refractivity contribution in [2.45, 2.75) is 13.5 Å². The highest BCUT2D eigenvalue weighted by atomic mass is 35.5. The zero-order chi connectivity index (χ0) is 13.8. The van der Waals surface area contributed by atoms with Crippen LogP contribution in [0.15, 0.2) is 36.4 Å². The molecule has 0 atom stereocenters. The molecule has 0 amide bonds. The molecule has 1 heterocycles. The molecule has 1 aromatic heterocycles. The van der Waals surface area contributed by atoms with E-state index in [0.29, 0.717) is 5.75 Å². The Kier molecular flexibility index (Phi) is 4.02. The van der Waals surface area contributed by atoms with Crippen molar-refractivity contribution in [3.63, 3.8) is 0 Å². The molecule has 0 unspecified atom stereocenters. The second-order valence-corrected chi connectivity index (χ2v) is 4.42. The van der Waals surface area contributed by atoms with Gasteiger partial charge >= 0.3 is 5.97 Å². The molecule has 0 spiro atoms. The molecular weight excluding hydrogens is 266 g/mol. The summed E-state index contributed by atoms with van der Waals surface area (Å²) in [7, 11) is 0. The van der Waals surface area contributed by atoms with Crippen LogP contribution in [0.5, 0.6) is 5.75 Å². The highest BCUT2D eigenvalue weighted by Gasteiger charge is 2.08. The third kappa shape index (κ3) is 3.45. The molecule has 0 saturated heterocycles. The molecule has 0 aliphatic heterocycles. The monoisotopic (exact) mass is 277 g/mol. The average molecular weight is 278 g/mol. The molecule has 0 fully saturated rings. The minimum Gasteiger partial charge on any atom is -0.486 e. The fraction of sp³-hybridized carbons (Fsp3) is 0.143. The van der Waals surface area contributed by atoms with Gasteiger partial charge in [0.1, 0.15) is 12.4 Å². The predicted molar refractivity (Wildman–Crippen MR) is 71.7 cm³/mol. The Morgan fingerprint density at radius 1 is 1.37 bits per heavy atom. The zero-order valence-corrected chi connectivity index (χ0v) is 11.0. The van der Waals surface area contributed by atoms with Crippen molar-refractivity contribution in [3.05, 3.63) is 58.4 Å². The summed E-state index contributed by atoms with van der Waals surface area (Å²) in [5, 5.41) is 9.10. The highest BCUT2D eigenvalue weighted by Crippen LogP contribution is 2.26. The van der Waals surface area contributed by atoms with Crippen LogP contribution in [-0.4, -0.2) is 16.1 Å². The Morgan fingerprint density at radius 3 is 2.79 bits per heavy atom. The first-order valence-corrected chi connectivity index (χ1v) is 6.02. The van der Waals surface area contributed by atoms with Gasteiger partial charge < -0.3 is 9.84 Å². The summed E-state index contributed by atoms with van der Waals surface area (Å²) in [5.41, 5.74) is 1.83. The van der Waals surface area contributed by atoms with Gasteiger partial charge in [0.05, 0.1) is 16.3 Å². The van der Waals surface area contributed by atoms with Crippen LogP contribution >= 0.6 is 11.6 Å². The van der Waals surface area contributed by atoms with E-state index in [1.54, 1.807) is 6.07 Å². The Morgan fingerprint density at radius 2 is 2.16 bits per heavy atom. The Hall–Kier alpha value is -2.07. The molecule has 4 nitrogen and oxygen atoms in total. The van der Waals surface area contributed by atoms with E-state index >= 15 is 0 Å². The van der Waals surface area contributed by atoms with Crippen LogP contribution in [0, 0.1) is 6.92 Å². The minimum absolute atomic E-state index is 0.131. The molecule has 1 N–H and O–H groups in total. The topological polar surface area (TPSA) is 59.4 Å². The summed E-state index contributed by atoms with van der Waals surface area (Å²) in [6.07, 6.45) is 0. The van der Waals surface area contributed by atoms with Crippen LogP contribution in [0.1, 0.15) is 21.7 Å². The van der Waals surface area contributed by atoms with Gasteiger partial charge in [0.25, 0.3) is 0 Å². The molecule has 98 valence electrons. The Labute approximate surface area is 115 Å². The number of nitrogens with zero attached hydrogens (tertiary/aromatic N) is 1. The number of carboxylic acids is 1. The van der Waals surface area contributed by atoms with Crippen molar-refractivity contribution in [3.8, 4) is 5.75 Å². The smallest absolute Gasteiger partial charge is 0.335 e. The lowest BCUT2D eigenvalue weighted by molar-refractivity contribution is 0.0697. The third-order valence-electron chi connectivity index (χ3n) is 2.50. The van der Waals surface area contributed by atoms with Gasteiger partial charge in [0.2, 0.25) is 0 Å². The molecule has 0 saturated carbocycles. The largest absolute Gasteiger partial charge is 0.486 e. The molecule has 2 rings (SSSR count). The molecule has 0 aliphatic rings. The number of hydrogen-bond donors (Lipinski definition) is 1. The quantitative estimate of drug-likeness (QED) is 0.931. The summed E-state index contributed by atoms with van der Waals surface area (Å²) in [6.45, 7) is 2.19. The third-order valence-corrected chi connectivity index (χ3v) is 2.80. The molecule has 0 radical (unpaired) electrons. The molecular formula is C14H12ClNO3. The fourth-order valence-electron chi connectivity index (χ4n) is 1.58. The maximum Gasteiger partial charge on any atom is 0.335 e. The summed E-state index contributed by atoms with van der Waals surface area (Å²) in [4.78, 5) is 15.1. The van der Waals surface area contributed by atoms with Crippen LogP contribution < -0.4 is 4.74 Å². The van der Waals surface area contributed by atoms with Crippen LogP contribution in [0.3, 0.4) is 0 Å². The van der Waals surface area contributed by atoms with Crippen molar-refractivity contribution < 1.29 is 14.6 Å². The van der Waals surface area contributed by atoms with E-state index in [-0.39, 0.29) is 17.2 Å². The molecule has 5 heteroatoms. The lowest BCUT2D eigenvalue weighted by Gasteiger charge is -2.08. The van der Waals surface area contributed by atoms with Gasteiger partial charge in [-0.2, -0.15) is 0 Å². The molecule has 2 aromatic rings. The number of aryl methyl sites for hydroxylation is 1. The first kappa shape index (κ1) is 13.4. The van der Waals surface area contributed by atoms with E-state index in [2.05, 4.69) is 4.98 Å². The number of pyridine rings is 1. The number of aromatic nitrogens is 1. The van der Waals surface area contributed by atoms with Gasteiger partial charge in [0, 0.05) is 5.69 Å². The highest BCUT2D eigenvalue weighted by molar-refractivity contribution is 6.32. The van der Waals surface area contributed by atoms with E-state index in [1.165, 1.54) is 12.1 Å². The summed E-state index contributed by atoms with van der Waals surface area (Å²) < 4.78 is 5.53. The summed E-state index contributed by atoms with van der Waals surface area (Å²) in [6, 6.07) is 10.0. The number of benzene rings is 1. The van der Waals surface area contributed by atoms with Crippen LogP contribution in [0.4, 0.5) is 0 Å². The van der Waals surface area contributed by atoms with Gasteiger partial charge in [-0.15, -0.1) is 0 Å². The molecule has 1 aromatic carbocycles. The van der Waals surface area contributed by atoms with E-state index in [4.69, 9.17) is 21.4 Å². The van der Waals surface area contributed by atoms with Gasteiger partial charge in [-0.3, -0.25) is 4.98 Å². The van der Waals surface area contributed by atoms with Crippen molar-refractivity contribution >= 4 is 17.6 Å². The lowest BCUT2D eigenvalue weighted by Crippen LogP contribution is -2.01. The van der Waals surface area contributed by atoms with E-state index in [0.717, 1.165) is 11.4 Å². The van der Waals surface area contributed by atoms with Gasteiger partial charge in [-0.1, -0.05) is 17.7 Å². The average Bonchev–Trinajstić information content (AvgIpc) is 2.37. The number of ether oxygens (including phenoxy) is 1.